The van der Waals surface area contributed by atoms with Crippen molar-refractivity contribution < 1.29 is 28.4 Å². The Labute approximate surface area is 161 Å². The molecule has 6 rings (SSSR count). The number of rotatable bonds is 0. The van der Waals surface area contributed by atoms with Crippen LogP contribution in [0.25, 0.3) is 0 Å². The highest BCUT2D eigenvalue weighted by molar-refractivity contribution is 5.26. The van der Waals surface area contributed by atoms with Crippen molar-refractivity contribution in [1.82, 2.24) is 0 Å². The van der Waals surface area contributed by atoms with Crippen LogP contribution in [-0.2, 0) is 28.4 Å². The zero-order valence-electron chi connectivity index (χ0n) is 16.2. The lowest BCUT2D eigenvalue weighted by molar-refractivity contribution is -0.148. The summed E-state index contributed by atoms with van der Waals surface area (Å²) < 4.78 is 34.2. The molecule has 6 heteroatoms. The monoisotopic (exact) mass is 380 g/mol. The Morgan fingerprint density at radius 1 is 0.778 bits per heavy atom. The maximum Gasteiger partial charge on any atom is 0.164 e. The minimum Gasteiger partial charge on any atom is -0.362 e. The zero-order valence-corrected chi connectivity index (χ0v) is 16.2. The van der Waals surface area contributed by atoms with E-state index in [1.165, 1.54) is 5.57 Å². The Bertz CT molecular complexity index is 680. The Hall–Kier alpha value is -0.760. The van der Waals surface area contributed by atoms with Crippen LogP contribution in [-0.4, -0.2) is 59.9 Å². The highest BCUT2D eigenvalue weighted by Gasteiger charge is 2.65. The number of hydrogen-bond donors (Lipinski definition) is 0. The first-order valence-electron chi connectivity index (χ1n) is 9.49. The topological polar surface area (TPSA) is 62.0 Å². The molecule has 2 aliphatic carbocycles. The Kier molecular flexibility index (Phi) is 4.25. The number of hydrogen-bond acceptors (Lipinski definition) is 6. The van der Waals surface area contributed by atoms with Gasteiger partial charge in [-0.15, -0.1) is 0 Å². The molecule has 4 saturated heterocycles. The molecule has 6 nitrogen and oxygen atoms in total. The fraction of sp³-hybridized carbons (Fsp3) is 0.810. The Balaban J connectivity index is 0.000000129. The lowest BCUT2D eigenvalue weighted by Gasteiger charge is -2.21. The van der Waals surface area contributed by atoms with Crippen molar-refractivity contribution in [2.45, 2.75) is 109 Å². The molecule has 0 saturated carbocycles. The van der Waals surface area contributed by atoms with Gasteiger partial charge in [-0.1, -0.05) is 25.7 Å². The van der Waals surface area contributed by atoms with Crippen molar-refractivity contribution in [1.29, 1.82) is 0 Å². The molecular weight excluding hydrogens is 348 g/mol. The molecule has 6 aliphatic rings. The molecule has 3 unspecified atom stereocenters. The van der Waals surface area contributed by atoms with E-state index in [9.17, 15) is 0 Å². The fourth-order valence-electron chi connectivity index (χ4n) is 4.55. The van der Waals surface area contributed by atoms with E-state index in [2.05, 4.69) is 32.1 Å². The predicted molar refractivity (Wildman–Crippen MR) is 99.2 cm³/mol. The molecule has 152 valence electrons. The molecule has 8 atom stereocenters. The largest absolute Gasteiger partial charge is 0.362 e. The predicted octanol–water partition coefficient (Wildman–Crippen LogP) is 3.10. The summed E-state index contributed by atoms with van der Waals surface area (Å²) in [6.45, 7) is 12.0. The average Bonchev–Trinajstić information content (AvgIpc) is 3.36. The SMILES string of the molecule is C.CC1(C)O[C@H]2C=CC3OC3(C)[C@H]2O1.CC1=CC2O[C@H]2[C@@H]2OC(C)(C)O[C@H]12. The summed E-state index contributed by atoms with van der Waals surface area (Å²) in [5.74, 6) is -0.922. The average molecular weight is 380 g/mol. The zero-order chi connectivity index (χ0) is 18.5. The standard InChI is InChI=1S/2C10H14O3.CH4/c1-9(2)11-6-4-5-7-10(3,12-7)8(6)13-9;1-5-4-6-8(11-6)9-7(5)12-10(2,3)13-9;/h4-8H,1-3H3;4,6-9H,1-3H3;1H4/t6-,7?,8-,10?;6?,7-,8-,9-;/m01./s1. The third-order valence-electron chi connectivity index (χ3n) is 5.95. The summed E-state index contributed by atoms with van der Waals surface area (Å²) in [7, 11) is 0. The molecule has 27 heavy (non-hydrogen) atoms. The van der Waals surface area contributed by atoms with E-state index < -0.39 is 11.6 Å². The summed E-state index contributed by atoms with van der Waals surface area (Å²) in [6, 6.07) is 0. The van der Waals surface area contributed by atoms with Gasteiger partial charge in [0.15, 0.2) is 11.6 Å². The first kappa shape index (κ1) is 19.6. The van der Waals surface area contributed by atoms with E-state index in [0.717, 1.165) is 0 Å². The smallest absolute Gasteiger partial charge is 0.164 e. The summed E-state index contributed by atoms with van der Waals surface area (Å²) in [5.41, 5.74) is 1.11. The maximum atomic E-state index is 5.81. The number of ether oxygens (including phenoxy) is 6. The lowest BCUT2D eigenvalue weighted by Crippen LogP contribution is -2.39. The first-order valence-corrected chi connectivity index (χ1v) is 9.49. The minimum absolute atomic E-state index is 0. The van der Waals surface area contributed by atoms with Crippen LogP contribution < -0.4 is 0 Å². The van der Waals surface area contributed by atoms with Crippen molar-refractivity contribution in [3.8, 4) is 0 Å². The van der Waals surface area contributed by atoms with Crippen LogP contribution in [0, 0.1) is 0 Å². The van der Waals surface area contributed by atoms with E-state index in [-0.39, 0.29) is 49.7 Å². The van der Waals surface area contributed by atoms with Crippen LogP contribution in [0.15, 0.2) is 23.8 Å². The third kappa shape index (κ3) is 3.20. The van der Waals surface area contributed by atoms with Gasteiger partial charge in [0.1, 0.15) is 48.3 Å². The van der Waals surface area contributed by atoms with Crippen molar-refractivity contribution in [3.63, 3.8) is 0 Å². The molecule has 4 aliphatic heterocycles. The molecule has 0 aromatic carbocycles. The van der Waals surface area contributed by atoms with Gasteiger partial charge in [-0.2, -0.15) is 0 Å². The van der Waals surface area contributed by atoms with Gasteiger partial charge in [0.05, 0.1) is 0 Å². The van der Waals surface area contributed by atoms with Crippen LogP contribution in [0.4, 0.5) is 0 Å². The minimum atomic E-state index is -0.469. The summed E-state index contributed by atoms with van der Waals surface area (Å²) in [6.07, 6.45) is 7.42. The highest BCUT2D eigenvalue weighted by Crippen LogP contribution is 2.50. The highest BCUT2D eigenvalue weighted by atomic mass is 16.8. The third-order valence-corrected chi connectivity index (χ3v) is 5.95. The molecular formula is C21H32O6. The quantitative estimate of drug-likeness (QED) is 0.475. The van der Waals surface area contributed by atoms with Crippen LogP contribution in [0.1, 0.15) is 49.0 Å². The van der Waals surface area contributed by atoms with Crippen LogP contribution in [0.5, 0.6) is 0 Å². The van der Waals surface area contributed by atoms with Gasteiger partial charge in [-0.05, 0) is 47.1 Å². The molecule has 0 aromatic heterocycles. The number of epoxide rings is 2. The second kappa shape index (κ2) is 5.88. The Morgan fingerprint density at radius 3 is 2.22 bits per heavy atom. The second-order valence-corrected chi connectivity index (χ2v) is 9.12. The normalized spacial score (nSPS) is 51.3. The van der Waals surface area contributed by atoms with E-state index in [1.807, 2.05) is 27.7 Å². The molecule has 4 heterocycles. The van der Waals surface area contributed by atoms with Gasteiger partial charge in [0, 0.05) is 0 Å². The summed E-state index contributed by atoms with van der Waals surface area (Å²) in [4.78, 5) is 0. The van der Waals surface area contributed by atoms with Crippen LogP contribution in [0.2, 0.25) is 0 Å². The van der Waals surface area contributed by atoms with E-state index in [1.54, 1.807) is 0 Å². The summed E-state index contributed by atoms with van der Waals surface area (Å²) >= 11 is 0. The van der Waals surface area contributed by atoms with Crippen molar-refractivity contribution in [2.75, 3.05) is 0 Å². The lowest BCUT2D eigenvalue weighted by atomic mass is 9.91. The molecule has 0 N–H and O–H groups in total. The van der Waals surface area contributed by atoms with Gasteiger partial charge in [0.25, 0.3) is 0 Å². The number of fused-ring (bicyclic) bond motifs is 6. The van der Waals surface area contributed by atoms with Gasteiger partial charge in [0.2, 0.25) is 0 Å². The Morgan fingerprint density at radius 2 is 1.48 bits per heavy atom. The van der Waals surface area contributed by atoms with Gasteiger partial charge < -0.3 is 28.4 Å². The molecule has 0 aromatic rings. The van der Waals surface area contributed by atoms with Crippen molar-refractivity contribution in [3.05, 3.63) is 23.8 Å². The van der Waals surface area contributed by atoms with E-state index >= 15 is 0 Å². The molecule has 4 fully saturated rings. The van der Waals surface area contributed by atoms with E-state index in [4.69, 9.17) is 28.4 Å². The first-order chi connectivity index (χ1) is 12.1. The van der Waals surface area contributed by atoms with Gasteiger partial charge in [-0.3, -0.25) is 0 Å². The molecule has 0 spiro atoms. The van der Waals surface area contributed by atoms with Crippen LogP contribution in [0.3, 0.4) is 0 Å². The molecule has 0 amide bonds. The molecule has 0 radical (unpaired) electrons. The van der Waals surface area contributed by atoms with Gasteiger partial charge in [-0.25, -0.2) is 0 Å². The van der Waals surface area contributed by atoms with Gasteiger partial charge >= 0.3 is 0 Å². The maximum absolute atomic E-state index is 5.81. The van der Waals surface area contributed by atoms with Crippen molar-refractivity contribution in [2.24, 2.45) is 0 Å². The van der Waals surface area contributed by atoms with E-state index in [0.29, 0.717) is 6.10 Å². The summed E-state index contributed by atoms with van der Waals surface area (Å²) in [5, 5.41) is 0. The fourth-order valence-corrected chi connectivity index (χ4v) is 4.55. The second-order valence-electron chi connectivity index (χ2n) is 9.12. The molecule has 0 bridgehead atoms. The van der Waals surface area contributed by atoms with Crippen LogP contribution >= 0.6 is 0 Å². The van der Waals surface area contributed by atoms with Crippen molar-refractivity contribution >= 4 is 0 Å².